The van der Waals surface area contributed by atoms with Gasteiger partial charge in [0.2, 0.25) is 5.91 Å². The van der Waals surface area contributed by atoms with Gasteiger partial charge in [-0.2, -0.15) is 0 Å². The first kappa shape index (κ1) is 27.7. The van der Waals surface area contributed by atoms with Gasteiger partial charge in [0, 0.05) is 64.3 Å². The fourth-order valence-corrected chi connectivity index (χ4v) is 5.22. The number of aryl methyl sites for hydroxylation is 1. The Morgan fingerprint density at radius 1 is 1.08 bits per heavy atom. The van der Waals surface area contributed by atoms with Crippen molar-refractivity contribution in [1.82, 2.24) is 24.6 Å². The third-order valence-electron chi connectivity index (χ3n) is 7.56. The first-order chi connectivity index (χ1) is 17.2. The van der Waals surface area contributed by atoms with Crippen LogP contribution in [0.25, 0.3) is 0 Å². The molecule has 4 rings (SSSR count). The van der Waals surface area contributed by atoms with E-state index in [9.17, 15) is 9.59 Å². The third-order valence-corrected chi connectivity index (χ3v) is 7.56. The number of benzene rings is 1. The maximum absolute atomic E-state index is 13.6. The molecule has 3 heterocycles. The maximum Gasteiger partial charge on any atom is 0.254 e. The number of nitrogens with zero attached hydrogens (tertiary/aromatic N) is 4. The van der Waals surface area contributed by atoms with Crippen LogP contribution >= 0.6 is 0 Å². The Bertz CT molecular complexity index is 1070. The molecule has 0 saturated carbocycles. The van der Waals surface area contributed by atoms with Crippen LogP contribution in [0.4, 0.5) is 0 Å². The van der Waals surface area contributed by atoms with Crippen LogP contribution in [0.3, 0.4) is 0 Å². The molecule has 36 heavy (non-hydrogen) atoms. The highest BCUT2D eigenvalue weighted by atomic mass is 16.2. The van der Waals surface area contributed by atoms with Crippen LogP contribution in [-0.4, -0.2) is 84.4 Å². The lowest BCUT2D eigenvalue weighted by Gasteiger charge is -2.39. The number of hydrogen-bond donors (Lipinski definition) is 1. The topological polar surface area (TPSA) is 60.8 Å². The second-order valence-electron chi connectivity index (χ2n) is 10.0. The van der Waals surface area contributed by atoms with Gasteiger partial charge >= 0.3 is 0 Å². The highest BCUT2D eigenvalue weighted by Crippen LogP contribution is 2.43. The SMILES string of the molecule is C=CC.Cc1c(C2C(C(=O)NCCCN3CCN(C)CC3)c3ccccc3C(=O)N2C)cn(C)c1C. The van der Waals surface area contributed by atoms with E-state index in [0.29, 0.717) is 12.1 Å². The second-order valence-corrected chi connectivity index (χ2v) is 10.0. The lowest BCUT2D eigenvalue weighted by Crippen LogP contribution is -2.47. The van der Waals surface area contributed by atoms with E-state index in [1.807, 2.05) is 45.3 Å². The predicted molar refractivity (Wildman–Crippen MR) is 146 cm³/mol. The number of piperazine rings is 1. The molecular weight excluding hydrogens is 450 g/mol. The summed E-state index contributed by atoms with van der Waals surface area (Å²) in [6.45, 7) is 15.4. The summed E-state index contributed by atoms with van der Waals surface area (Å²) in [5.41, 5.74) is 4.77. The Balaban J connectivity index is 0.00000115. The lowest BCUT2D eigenvalue weighted by atomic mass is 9.79. The maximum atomic E-state index is 13.6. The Labute approximate surface area is 216 Å². The molecule has 0 aliphatic carbocycles. The van der Waals surface area contributed by atoms with Gasteiger partial charge in [0.1, 0.15) is 0 Å². The van der Waals surface area contributed by atoms with Crippen molar-refractivity contribution in [2.45, 2.75) is 39.2 Å². The Morgan fingerprint density at radius 2 is 1.72 bits per heavy atom. The minimum atomic E-state index is -0.437. The van der Waals surface area contributed by atoms with Crippen molar-refractivity contribution in [1.29, 1.82) is 0 Å². The number of amides is 2. The number of allylic oxidation sites excluding steroid dienone is 1. The molecule has 7 heteroatoms. The summed E-state index contributed by atoms with van der Waals surface area (Å²) >= 11 is 0. The van der Waals surface area contributed by atoms with Crippen LogP contribution < -0.4 is 5.32 Å². The Kier molecular flexibility index (Phi) is 9.51. The van der Waals surface area contributed by atoms with Crippen LogP contribution in [0.15, 0.2) is 43.1 Å². The molecule has 1 aromatic heterocycles. The van der Waals surface area contributed by atoms with Gasteiger partial charge < -0.3 is 24.6 Å². The summed E-state index contributed by atoms with van der Waals surface area (Å²) in [6.07, 6.45) is 4.74. The van der Waals surface area contributed by atoms with Crippen molar-refractivity contribution in [2.24, 2.45) is 7.05 Å². The molecule has 2 unspecified atom stereocenters. The van der Waals surface area contributed by atoms with Gasteiger partial charge in [0.25, 0.3) is 5.91 Å². The third kappa shape index (κ3) is 5.90. The monoisotopic (exact) mass is 493 g/mol. The molecule has 2 aromatic rings. The molecule has 0 bridgehead atoms. The van der Waals surface area contributed by atoms with Gasteiger partial charge in [-0.25, -0.2) is 0 Å². The summed E-state index contributed by atoms with van der Waals surface area (Å²) in [5.74, 6) is -0.477. The molecule has 1 saturated heterocycles. The van der Waals surface area contributed by atoms with E-state index in [0.717, 1.165) is 61.5 Å². The molecular formula is C29H43N5O2. The molecule has 1 aromatic carbocycles. The van der Waals surface area contributed by atoms with E-state index < -0.39 is 5.92 Å². The number of likely N-dealkylation sites (N-methyl/N-ethyl adjacent to an activating group) is 2. The van der Waals surface area contributed by atoms with E-state index >= 15 is 0 Å². The van der Waals surface area contributed by atoms with Crippen LogP contribution in [0.2, 0.25) is 0 Å². The van der Waals surface area contributed by atoms with Crippen LogP contribution in [-0.2, 0) is 11.8 Å². The average Bonchev–Trinajstić information content (AvgIpc) is 3.12. The molecule has 0 spiro atoms. The van der Waals surface area contributed by atoms with Gasteiger partial charge in [-0.3, -0.25) is 9.59 Å². The number of nitrogens with one attached hydrogen (secondary N) is 1. The van der Waals surface area contributed by atoms with E-state index in [1.54, 1.807) is 11.0 Å². The summed E-state index contributed by atoms with van der Waals surface area (Å²) in [7, 11) is 5.99. The van der Waals surface area contributed by atoms with Crippen LogP contribution in [0, 0.1) is 13.8 Å². The zero-order valence-electron chi connectivity index (χ0n) is 22.9. The van der Waals surface area contributed by atoms with Crippen molar-refractivity contribution >= 4 is 11.8 Å². The van der Waals surface area contributed by atoms with E-state index in [-0.39, 0.29) is 17.9 Å². The zero-order chi connectivity index (χ0) is 26.4. The molecule has 0 radical (unpaired) electrons. The molecule has 2 atom stereocenters. The fourth-order valence-electron chi connectivity index (χ4n) is 5.22. The lowest BCUT2D eigenvalue weighted by molar-refractivity contribution is -0.124. The minimum absolute atomic E-state index is 0.00826. The first-order valence-electron chi connectivity index (χ1n) is 12.9. The molecule has 7 nitrogen and oxygen atoms in total. The number of hydrogen-bond acceptors (Lipinski definition) is 4. The number of rotatable bonds is 6. The molecule has 2 aliphatic rings. The van der Waals surface area contributed by atoms with E-state index in [2.05, 4.69) is 53.4 Å². The number of carbonyl (C=O) groups excluding carboxylic acids is 2. The summed E-state index contributed by atoms with van der Waals surface area (Å²) in [5, 5.41) is 3.20. The Hall–Kier alpha value is -2.90. The smallest absolute Gasteiger partial charge is 0.254 e. The molecule has 1 N–H and O–H groups in total. The quantitative estimate of drug-likeness (QED) is 0.494. The van der Waals surface area contributed by atoms with Crippen molar-refractivity contribution in [3.8, 4) is 0 Å². The first-order valence-corrected chi connectivity index (χ1v) is 12.9. The van der Waals surface area contributed by atoms with Crippen molar-refractivity contribution in [3.05, 3.63) is 71.1 Å². The number of fused-ring (bicyclic) bond motifs is 1. The van der Waals surface area contributed by atoms with Gasteiger partial charge in [-0.1, -0.05) is 24.3 Å². The molecule has 196 valence electrons. The summed E-state index contributed by atoms with van der Waals surface area (Å²) < 4.78 is 2.08. The largest absolute Gasteiger partial charge is 0.355 e. The standard InChI is InChI=1S/C26H37N5O2.C3H6/c1-18-19(2)29(4)17-22(18)24-23(20-9-6-7-10-21(20)26(33)30(24)5)25(32)27-11-8-12-31-15-13-28(3)14-16-31;1-3-2/h6-7,9-10,17,23-24H,8,11-16H2,1-5H3,(H,27,32);3H,1H2,2H3. The molecule has 2 amide bonds. The summed E-state index contributed by atoms with van der Waals surface area (Å²) in [6, 6.07) is 7.23. The normalized spacial score (nSPS) is 20.4. The highest BCUT2D eigenvalue weighted by molar-refractivity contribution is 6.01. The van der Waals surface area contributed by atoms with Crippen LogP contribution in [0.1, 0.15) is 58.0 Å². The second kappa shape index (κ2) is 12.4. The fraction of sp³-hybridized carbons (Fsp3) is 0.517. The average molecular weight is 494 g/mol. The summed E-state index contributed by atoms with van der Waals surface area (Å²) in [4.78, 5) is 33.4. The highest BCUT2D eigenvalue weighted by Gasteiger charge is 2.43. The molecule has 2 aliphatic heterocycles. The number of aromatic nitrogens is 1. The van der Waals surface area contributed by atoms with E-state index in [4.69, 9.17) is 0 Å². The van der Waals surface area contributed by atoms with Crippen LogP contribution in [0.5, 0.6) is 0 Å². The number of carbonyl (C=O) groups is 2. The predicted octanol–water partition coefficient (Wildman–Crippen LogP) is 3.50. The van der Waals surface area contributed by atoms with Gasteiger partial charge in [0.15, 0.2) is 0 Å². The molecule has 1 fully saturated rings. The Morgan fingerprint density at radius 3 is 2.33 bits per heavy atom. The van der Waals surface area contributed by atoms with Gasteiger partial charge in [-0.05, 0) is 63.5 Å². The van der Waals surface area contributed by atoms with E-state index in [1.165, 1.54) is 0 Å². The van der Waals surface area contributed by atoms with Crippen molar-refractivity contribution in [3.63, 3.8) is 0 Å². The zero-order valence-corrected chi connectivity index (χ0v) is 22.9. The van der Waals surface area contributed by atoms with Gasteiger partial charge in [0.05, 0.1) is 12.0 Å². The van der Waals surface area contributed by atoms with Crippen molar-refractivity contribution < 1.29 is 9.59 Å². The minimum Gasteiger partial charge on any atom is -0.355 e. The van der Waals surface area contributed by atoms with Gasteiger partial charge in [-0.15, -0.1) is 6.58 Å². The van der Waals surface area contributed by atoms with Crippen molar-refractivity contribution in [2.75, 3.05) is 53.4 Å².